The lowest BCUT2D eigenvalue weighted by Crippen LogP contribution is -2.50. The molecule has 0 radical (unpaired) electrons. The molecule has 98 valence electrons. The maximum atomic E-state index is 11.6. The van der Waals surface area contributed by atoms with E-state index in [9.17, 15) is 9.59 Å². The van der Waals surface area contributed by atoms with Gasteiger partial charge >= 0.3 is 12.0 Å². The van der Waals surface area contributed by atoms with Crippen LogP contribution in [0.1, 0.15) is 46.0 Å². The van der Waals surface area contributed by atoms with Crippen LogP contribution >= 0.6 is 0 Å². The van der Waals surface area contributed by atoms with Gasteiger partial charge in [0.1, 0.15) is 6.04 Å². The number of aliphatic carboxylic acids is 1. The van der Waals surface area contributed by atoms with Crippen LogP contribution in [0.5, 0.6) is 0 Å². The zero-order valence-corrected chi connectivity index (χ0v) is 10.5. The summed E-state index contributed by atoms with van der Waals surface area (Å²) in [6, 6.07) is -0.951. The van der Waals surface area contributed by atoms with E-state index in [1.54, 1.807) is 0 Å². The van der Waals surface area contributed by atoms with Gasteiger partial charge in [-0.3, -0.25) is 0 Å². The fourth-order valence-electron chi connectivity index (χ4n) is 2.12. The number of nitrogens with one attached hydrogen (secondary N) is 2. The highest BCUT2D eigenvalue weighted by molar-refractivity contribution is 5.82. The van der Waals surface area contributed by atoms with E-state index in [4.69, 9.17) is 5.11 Å². The number of carbonyl (C=O) groups excluding carboxylic acids is 1. The third-order valence-corrected chi connectivity index (χ3v) is 3.46. The molecule has 1 saturated carbocycles. The Kier molecular flexibility index (Phi) is 5.25. The van der Waals surface area contributed by atoms with E-state index < -0.39 is 12.0 Å². The molecule has 0 aromatic rings. The van der Waals surface area contributed by atoms with E-state index in [-0.39, 0.29) is 18.0 Å². The van der Waals surface area contributed by atoms with Crippen LogP contribution in [0.3, 0.4) is 0 Å². The molecular weight excluding hydrogens is 220 g/mol. The van der Waals surface area contributed by atoms with E-state index >= 15 is 0 Å². The number of carboxylic acid groups (broad SMARTS) is 1. The number of rotatable bonds is 5. The summed E-state index contributed by atoms with van der Waals surface area (Å²) >= 11 is 0. The van der Waals surface area contributed by atoms with Gasteiger partial charge in [-0.05, 0) is 18.8 Å². The van der Waals surface area contributed by atoms with Gasteiger partial charge in [-0.2, -0.15) is 0 Å². The normalized spacial score (nSPS) is 19.6. The van der Waals surface area contributed by atoms with E-state index in [0.29, 0.717) is 0 Å². The van der Waals surface area contributed by atoms with Crippen molar-refractivity contribution in [1.29, 1.82) is 0 Å². The molecule has 1 aliphatic rings. The Balaban J connectivity index is 2.43. The minimum Gasteiger partial charge on any atom is -0.480 e. The molecule has 1 rings (SSSR count). The first-order chi connectivity index (χ1) is 8.04. The van der Waals surface area contributed by atoms with E-state index in [1.165, 1.54) is 0 Å². The predicted molar refractivity (Wildman–Crippen MR) is 64.8 cm³/mol. The van der Waals surface area contributed by atoms with E-state index in [2.05, 4.69) is 10.6 Å². The minimum atomic E-state index is -0.971. The quantitative estimate of drug-likeness (QED) is 0.687. The Morgan fingerprint density at radius 3 is 2.41 bits per heavy atom. The average molecular weight is 242 g/mol. The van der Waals surface area contributed by atoms with Crippen LogP contribution in [-0.4, -0.2) is 29.2 Å². The van der Waals surface area contributed by atoms with Crippen molar-refractivity contribution in [2.45, 2.75) is 58.0 Å². The second-order valence-electron chi connectivity index (χ2n) is 4.80. The van der Waals surface area contributed by atoms with Gasteiger partial charge < -0.3 is 15.7 Å². The summed E-state index contributed by atoms with van der Waals surface area (Å²) in [5.74, 6) is -1.04. The van der Waals surface area contributed by atoms with Crippen molar-refractivity contribution >= 4 is 12.0 Å². The smallest absolute Gasteiger partial charge is 0.326 e. The maximum absolute atomic E-state index is 11.6. The molecule has 2 atom stereocenters. The fraction of sp³-hybridized carbons (Fsp3) is 0.833. The summed E-state index contributed by atoms with van der Waals surface area (Å²) in [6.07, 6.45) is 4.99. The number of carbonyl (C=O) groups is 2. The lowest BCUT2D eigenvalue weighted by Gasteiger charge is -2.21. The largest absolute Gasteiger partial charge is 0.480 e. The summed E-state index contributed by atoms with van der Waals surface area (Å²) in [6.45, 7) is 3.74. The topological polar surface area (TPSA) is 78.4 Å². The Hall–Kier alpha value is -1.26. The molecule has 0 spiro atoms. The summed E-state index contributed by atoms with van der Waals surface area (Å²) in [5, 5.41) is 14.4. The van der Waals surface area contributed by atoms with Gasteiger partial charge in [0.15, 0.2) is 0 Å². The molecule has 5 heteroatoms. The molecular formula is C12H22N2O3. The van der Waals surface area contributed by atoms with Gasteiger partial charge in [0.05, 0.1) is 0 Å². The zero-order valence-electron chi connectivity index (χ0n) is 10.5. The van der Waals surface area contributed by atoms with Crippen LogP contribution in [0.4, 0.5) is 4.79 Å². The standard InChI is InChI=1S/C12H22N2O3/c1-3-8(2)10(11(15)16)14-12(17)13-9-6-4-5-7-9/h8-10H,3-7H2,1-2H3,(H,15,16)(H2,13,14,17)/t8-,10-/m0/s1. The Labute approximate surface area is 102 Å². The van der Waals surface area contributed by atoms with Crippen LogP contribution in [0.15, 0.2) is 0 Å². The SMILES string of the molecule is CC[C@H](C)[C@H](NC(=O)NC1CCCC1)C(=O)O. The molecule has 0 aromatic carbocycles. The number of urea groups is 1. The lowest BCUT2D eigenvalue weighted by atomic mass is 9.99. The molecule has 3 N–H and O–H groups in total. The van der Waals surface area contributed by atoms with Crippen molar-refractivity contribution in [3.8, 4) is 0 Å². The minimum absolute atomic E-state index is 0.0678. The Bertz CT molecular complexity index is 275. The van der Waals surface area contributed by atoms with Crippen molar-refractivity contribution in [2.24, 2.45) is 5.92 Å². The highest BCUT2D eigenvalue weighted by Crippen LogP contribution is 2.17. The molecule has 0 saturated heterocycles. The van der Waals surface area contributed by atoms with Crippen LogP contribution in [0.25, 0.3) is 0 Å². The zero-order chi connectivity index (χ0) is 12.8. The molecule has 0 aromatic heterocycles. The van der Waals surface area contributed by atoms with Gasteiger partial charge in [-0.25, -0.2) is 9.59 Å². The maximum Gasteiger partial charge on any atom is 0.326 e. The molecule has 2 amide bonds. The van der Waals surface area contributed by atoms with Crippen molar-refractivity contribution in [3.63, 3.8) is 0 Å². The van der Waals surface area contributed by atoms with Crippen molar-refractivity contribution in [2.75, 3.05) is 0 Å². The van der Waals surface area contributed by atoms with Gasteiger partial charge in [-0.15, -0.1) is 0 Å². The van der Waals surface area contributed by atoms with Crippen LogP contribution in [0.2, 0.25) is 0 Å². The predicted octanol–water partition coefficient (Wildman–Crippen LogP) is 1.73. The first-order valence-electron chi connectivity index (χ1n) is 6.34. The Morgan fingerprint density at radius 2 is 1.94 bits per heavy atom. The molecule has 17 heavy (non-hydrogen) atoms. The molecule has 1 fully saturated rings. The first-order valence-corrected chi connectivity index (χ1v) is 6.34. The monoisotopic (exact) mass is 242 g/mol. The van der Waals surface area contributed by atoms with Crippen molar-refractivity contribution < 1.29 is 14.7 Å². The summed E-state index contributed by atoms with van der Waals surface area (Å²) in [5.41, 5.74) is 0. The van der Waals surface area contributed by atoms with Crippen molar-refractivity contribution in [1.82, 2.24) is 10.6 Å². The third kappa shape index (κ3) is 4.24. The number of amides is 2. The highest BCUT2D eigenvalue weighted by atomic mass is 16.4. The molecule has 0 heterocycles. The summed E-state index contributed by atoms with van der Waals surface area (Å²) in [7, 11) is 0. The van der Waals surface area contributed by atoms with E-state index in [1.807, 2.05) is 13.8 Å². The highest BCUT2D eigenvalue weighted by Gasteiger charge is 2.26. The molecule has 5 nitrogen and oxygen atoms in total. The van der Waals surface area contributed by atoms with Crippen LogP contribution in [-0.2, 0) is 4.79 Å². The average Bonchev–Trinajstić information content (AvgIpc) is 2.77. The third-order valence-electron chi connectivity index (χ3n) is 3.46. The van der Waals surface area contributed by atoms with E-state index in [0.717, 1.165) is 32.1 Å². The number of hydrogen-bond acceptors (Lipinski definition) is 2. The molecule has 0 bridgehead atoms. The van der Waals surface area contributed by atoms with Gasteiger partial charge in [0.25, 0.3) is 0 Å². The second kappa shape index (κ2) is 6.47. The van der Waals surface area contributed by atoms with Crippen molar-refractivity contribution in [3.05, 3.63) is 0 Å². The van der Waals surface area contributed by atoms with Crippen LogP contribution < -0.4 is 10.6 Å². The van der Waals surface area contributed by atoms with Gasteiger partial charge in [-0.1, -0.05) is 33.1 Å². The second-order valence-corrected chi connectivity index (χ2v) is 4.80. The number of carboxylic acids is 1. The Morgan fingerprint density at radius 1 is 1.35 bits per heavy atom. The molecule has 0 unspecified atom stereocenters. The fourth-order valence-corrected chi connectivity index (χ4v) is 2.12. The molecule has 1 aliphatic carbocycles. The first kappa shape index (κ1) is 13.8. The van der Waals surface area contributed by atoms with Crippen LogP contribution in [0, 0.1) is 5.92 Å². The summed E-state index contributed by atoms with van der Waals surface area (Å²) in [4.78, 5) is 22.7. The van der Waals surface area contributed by atoms with Gasteiger partial charge in [0, 0.05) is 6.04 Å². The molecule has 0 aliphatic heterocycles. The summed E-state index contributed by atoms with van der Waals surface area (Å²) < 4.78 is 0. The number of hydrogen-bond donors (Lipinski definition) is 3. The lowest BCUT2D eigenvalue weighted by molar-refractivity contribution is -0.140. The van der Waals surface area contributed by atoms with Gasteiger partial charge in [0.2, 0.25) is 0 Å².